The van der Waals surface area contributed by atoms with E-state index in [9.17, 15) is 44.7 Å². The molecule has 0 aromatic rings. The predicted molar refractivity (Wildman–Crippen MR) is 154 cm³/mol. The fourth-order valence-electron chi connectivity index (χ4n) is 7.78. The fourth-order valence-corrected chi connectivity index (χ4v) is 7.78. The molecule has 4 aliphatic rings. The van der Waals surface area contributed by atoms with E-state index in [1.165, 1.54) is 20.8 Å². The standard InChI is InChI=1S/C31H47NO13/c1-13-16(44-25(38)20(35)14(2)32-26(39)45-27(4,5)6)11-31(41)24(43-15(3)33)22-29(9,17(34)10-18-30(22,40)12-42-18)23(37)21(36)19(13)28(31,7)8/h14,16-18,20-22,24,34-36,40-41H,10-12H2,1-9H3,(H,32,39)/t14-,16-,17-,18+,20+,21+,22-,24-,29+,30-,31+/m0/s1. The van der Waals surface area contributed by atoms with E-state index in [0.29, 0.717) is 0 Å². The van der Waals surface area contributed by atoms with E-state index >= 15 is 0 Å². The van der Waals surface area contributed by atoms with Crippen LogP contribution in [0.3, 0.4) is 0 Å². The number of ether oxygens (including phenoxy) is 4. The lowest BCUT2D eigenvalue weighted by Gasteiger charge is -2.66. The second-order valence-corrected chi connectivity index (χ2v) is 14.8. The Morgan fingerprint density at radius 3 is 2.20 bits per heavy atom. The predicted octanol–water partition coefficient (Wildman–Crippen LogP) is 0.0421. The zero-order valence-corrected chi connectivity index (χ0v) is 27.2. The molecule has 1 saturated heterocycles. The summed E-state index contributed by atoms with van der Waals surface area (Å²) < 4.78 is 22.1. The van der Waals surface area contributed by atoms with Gasteiger partial charge in [0.05, 0.1) is 30.3 Å². The summed E-state index contributed by atoms with van der Waals surface area (Å²) in [6, 6.07) is -1.16. The number of fused-ring (bicyclic) bond motifs is 5. The highest BCUT2D eigenvalue weighted by atomic mass is 16.6. The summed E-state index contributed by atoms with van der Waals surface area (Å²) in [5.74, 6) is -4.35. The number of Topliss-reactive ketones (excluding diaryl/α,β-unsaturated/α-hetero) is 1. The van der Waals surface area contributed by atoms with E-state index in [1.54, 1.807) is 34.6 Å². The third kappa shape index (κ3) is 5.46. The van der Waals surface area contributed by atoms with Gasteiger partial charge in [-0.2, -0.15) is 0 Å². The van der Waals surface area contributed by atoms with Crippen LogP contribution in [0.25, 0.3) is 0 Å². The second kappa shape index (κ2) is 11.3. The Bertz CT molecular complexity index is 1290. The Labute approximate surface area is 262 Å². The normalized spacial score (nSPS) is 40.4. The molecule has 1 heterocycles. The van der Waals surface area contributed by atoms with Gasteiger partial charge >= 0.3 is 18.0 Å². The molecule has 14 heteroatoms. The fraction of sp³-hybridized carbons (Fsp3) is 0.806. The number of carbonyl (C=O) groups is 4. The molecule has 4 rings (SSSR count). The van der Waals surface area contributed by atoms with Crippen molar-refractivity contribution in [3.05, 3.63) is 11.1 Å². The van der Waals surface area contributed by atoms with Gasteiger partial charge in [-0.25, -0.2) is 9.59 Å². The van der Waals surface area contributed by atoms with E-state index in [0.717, 1.165) is 6.92 Å². The average molecular weight is 642 g/mol. The van der Waals surface area contributed by atoms with Crippen LogP contribution in [-0.4, -0.2) is 115 Å². The highest BCUT2D eigenvalue weighted by molar-refractivity contribution is 5.93. The van der Waals surface area contributed by atoms with Crippen LogP contribution in [0.2, 0.25) is 0 Å². The Hall–Kier alpha value is -2.62. The molecule has 1 amide bonds. The van der Waals surface area contributed by atoms with Gasteiger partial charge in [0.2, 0.25) is 0 Å². The molecule has 0 aromatic heterocycles. The number of esters is 2. The zero-order chi connectivity index (χ0) is 34.2. The monoisotopic (exact) mass is 641 g/mol. The lowest BCUT2D eigenvalue weighted by atomic mass is 9.45. The van der Waals surface area contributed by atoms with Crippen LogP contribution in [0, 0.1) is 16.7 Å². The minimum Gasteiger partial charge on any atom is -0.459 e. The van der Waals surface area contributed by atoms with E-state index < -0.39 is 106 Å². The number of rotatable bonds is 5. The number of hydrogen-bond donors (Lipinski definition) is 6. The maximum Gasteiger partial charge on any atom is 0.407 e. The number of alkyl carbamates (subject to hydrolysis) is 1. The second-order valence-electron chi connectivity index (χ2n) is 14.8. The Morgan fingerprint density at radius 1 is 1.09 bits per heavy atom. The summed E-state index contributed by atoms with van der Waals surface area (Å²) in [5, 5.41) is 60.7. The van der Waals surface area contributed by atoms with Crippen LogP contribution >= 0.6 is 0 Å². The lowest BCUT2D eigenvalue weighted by Crippen LogP contribution is -2.81. The van der Waals surface area contributed by atoms with Gasteiger partial charge in [-0.1, -0.05) is 13.8 Å². The molecule has 14 nitrogen and oxygen atoms in total. The number of carbonyl (C=O) groups excluding carboxylic acids is 4. The minimum atomic E-state index is -2.20. The molecule has 6 N–H and O–H groups in total. The van der Waals surface area contributed by atoms with Crippen molar-refractivity contribution in [3.8, 4) is 0 Å². The van der Waals surface area contributed by atoms with Crippen molar-refractivity contribution < 1.29 is 63.7 Å². The third-order valence-electron chi connectivity index (χ3n) is 10.4. The van der Waals surface area contributed by atoms with Crippen LogP contribution in [0.1, 0.15) is 75.2 Å². The van der Waals surface area contributed by atoms with Gasteiger partial charge in [0, 0.05) is 31.1 Å². The first kappa shape index (κ1) is 35.2. The van der Waals surface area contributed by atoms with Crippen molar-refractivity contribution in [1.82, 2.24) is 5.32 Å². The van der Waals surface area contributed by atoms with Gasteiger partial charge in [0.25, 0.3) is 0 Å². The summed E-state index contributed by atoms with van der Waals surface area (Å²) in [6.07, 6.45) is -10.7. The highest BCUT2D eigenvalue weighted by Gasteiger charge is 2.76. The molecule has 2 bridgehead atoms. The maximum absolute atomic E-state index is 14.3. The first-order chi connectivity index (χ1) is 20.4. The van der Waals surface area contributed by atoms with Gasteiger partial charge < -0.3 is 49.8 Å². The van der Waals surface area contributed by atoms with Crippen LogP contribution in [0.15, 0.2) is 11.1 Å². The number of aliphatic hydroxyl groups excluding tert-OH is 3. The first-order valence-electron chi connectivity index (χ1n) is 15.2. The molecular weight excluding hydrogens is 594 g/mol. The van der Waals surface area contributed by atoms with Crippen molar-refractivity contribution in [1.29, 1.82) is 0 Å². The first-order valence-corrected chi connectivity index (χ1v) is 15.2. The molecule has 11 atom stereocenters. The summed E-state index contributed by atoms with van der Waals surface area (Å²) in [7, 11) is 0. The largest absolute Gasteiger partial charge is 0.459 e. The lowest BCUT2D eigenvalue weighted by molar-refractivity contribution is -0.345. The quantitative estimate of drug-likeness (QED) is 0.133. The van der Waals surface area contributed by atoms with Gasteiger partial charge in [-0.3, -0.25) is 9.59 Å². The molecule has 0 radical (unpaired) electrons. The molecule has 3 fully saturated rings. The van der Waals surface area contributed by atoms with E-state index in [1.807, 2.05) is 0 Å². The van der Waals surface area contributed by atoms with Gasteiger partial charge in [0.1, 0.15) is 35.1 Å². The van der Waals surface area contributed by atoms with Gasteiger partial charge in [0.15, 0.2) is 11.9 Å². The summed E-state index contributed by atoms with van der Waals surface area (Å²) in [6.45, 7) is 13.1. The van der Waals surface area contributed by atoms with Crippen LogP contribution in [-0.2, 0) is 33.3 Å². The van der Waals surface area contributed by atoms with Crippen molar-refractivity contribution in [2.45, 2.75) is 135 Å². The van der Waals surface area contributed by atoms with Crippen LogP contribution < -0.4 is 5.32 Å². The summed E-state index contributed by atoms with van der Waals surface area (Å²) in [5.41, 5.74) is -8.09. The Kier molecular flexibility index (Phi) is 8.82. The SMILES string of the molecule is CC(=O)O[C@H]1[C@@H]2[C@]3(O)CO[C@@H]3C[C@H](O)[C@@]2(C)C(=O)[C@H](O)C2=C(C)[C@@H](OC(=O)[C@H](O)[C@H](C)NC(=O)OC(C)(C)C)C[C@]1(O)C2(C)C. The topological polar surface area (TPSA) is 218 Å². The van der Waals surface area contributed by atoms with E-state index in [4.69, 9.17) is 18.9 Å². The van der Waals surface area contributed by atoms with Crippen molar-refractivity contribution in [3.63, 3.8) is 0 Å². The number of aliphatic hydroxyl groups is 5. The smallest absolute Gasteiger partial charge is 0.407 e. The van der Waals surface area contributed by atoms with Crippen LogP contribution in [0.5, 0.6) is 0 Å². The molecular formula is C31H47NO13. The Morgan fingerprint density at radius 2 is 1.69 bits per heavy atom. The minimum absolute atomic E-state index is 0.0172. The van der Waals surface area contributed by atoms with E-state index in [-0.39, 0.29) is 24.2 Å². The number of nitrogens with one attached hydrogen (secondary N) is 1. The number of ketones is 1. The molecule has 0 aromatic carbocycles. The Balaban J connectivity index is 1.79. The number of amides is 1. The molecule has 254 valence electrons. The molecule has 2 saturated carbocycles. The van der Waals surface area contributed by atoms with E-state index in [2.05, 4.69) is 5.32 Å². The van der Waals surface area contributed by atoms with Crippen LogP contribution in [0.4, 0.5) is 4.79 Å². The van der Waals surface area contributed by atoms with Gasteiger partial charge in [-0.05, 0) is 52.7 Å². The third-order valence-corrected chi connectivity index (χ3v) is 10.4. The molecule has 45 heavy (non-hydrogen) atoms. The average Bonchev–Trinajstić information content (AvgIpc) is 2.89. The highest BCUT2D eigenvalue weighted by Crippen LogP contribution is 2.63. The maximum atomic E-state index is 14.3. The van der Waals surface area contributed by atoms with Crippen molar-refractivity contribution >= 4 is 23.8 Å². The summed E-state index contributed by atoms with van der Waals surface area (Å²) >= 11 is 0. The molecule has 1 aliphatic heterocycles. The zero-order valence-electron chi connectivity index (χ0n) is 27.2. The molecule has 0 unspecified atom stereocenters. The van der Waals surface area contributed by atoms with Gasteiger partial charge in [-0.15, -0.1) is 0 Å². The van der Waals surface area contributed by atoms with Crippen molar-refractivity contribution in [2.75, 3.05) is 6.61 Å². The van der Waals surface area contributed by atoms with Crippen molar-refractivity contribution in [2.24, 2.45) is 16.7 Å². The summed E-state index contributed by atoms with van der Waals surface area (Å²) in [4.78, 5) is 52.3. The molecule has 3 aliphatic carbocycles. The number of hydrogen-bond acceptors (Lipinski definition) is 13. The molecule has 0 spiro atoms.